The smallest absolute Gasteiger partial charge is 0.255 e. The first-order valence-corrected chi connectivity index (χ1v) is 10.8. The normalized spacial score (nSPS) is 19.0. The number of morpholine rings is 1. The summed E-state index contributed by atoms with van der Waals surface area (Å²) in [4.78, 5) is 26.8. The average molecular weight is 424 g/mol. The van der Waals surface area contributed by atoms with E-state index in [0.29, 0.717) is 49.7 Å². The van der Waals surface area contributed by atoms with Crippen LogP contribution in [0.15, 0.2) is 48.5 Å². The van der Waals surface area contributed by atoms with Crippen molar-refractivity contribution in [2.45, 2.75) is 25.4 Å². The highest BCUT2D eigenvalue weighted by atomic mass is 16.5. The quantitative estimate of drug-likeness (QED) is 0.770. The van der Waals surface area contributed by atoms with Crippen molar-refractivity contribution in [2.24, 2.45) is 0 Å². The standard InChI is InChI=1S/C24H28N2O5/c27-23(18-4-6-19(7-5-18)24(28)26-12-15-29-16-13-26)25-20-8-10-21(11-9-20)31-17-22-3-1-2-14-30-22/h4-11,22H,1-3,12-17H2,(H,25,27). The molecule has 2 fully saturated rings. The molecule has 2 aromatic carbocycles. The lowest BCUT2D eigenvalue weighted by Crippen LogP contribution is -2.40. The van der Waals surface area contributed by atoms with Gasteiger partial charge >= 0.3 is 0 Å². The first kappa shape index (κ1) is 21.3. The second kappa shape index (κ2) is 10.4. The molecule has 0 bridgehead atoms. The number of nitrogens with zero attached hydrogens (tertiary/aromatic N) is 1. The molecule has 0 radical (unpaired) electrons. The Kier molecular flexibility index (Phi) is 7.17. The number of benzene rings is 2. The Bertz CT molecular complexity index is 870. The predicted octanol–water partition coefficient (Wildman–Crippen LogP) is 3.36. The second-order valence-corrected chi connectivity index (χ2v) is 7.76. The number of carbonyl (C=O) groups excluding carboxylic acids is 2. The van der Waals surface area contributed by atoms with Gasteiger partial charge in [0.1, 0.15) is 12.4 Å². The molecular formula is C24H28N2O5. The zero-order valence-electron chi connectivity index (χ0n) is 17.5. The molecule has 0 aliphatic carbocycles. The summed E-state index contributed by atoms with van der Waals surface area (Å²) >= 11 is 0. The highest BCUT2D eigenvalue weighted by Gasteiger charge is 2.19. The maximum Gasteiger partial charge on any atom is 0.255 e. The van der Waals surface area contributed by atoms with Crippen LogP contribution in [0.25, 0.3) is 0 Å². The number of ether oxygens (including phenoxy) is 3. The summed E-state index contributed by atoms with van der Waals surface area (Å²) in [5.41, 5.74) is 1.75. The number of amides is 2. The third-order valence-electron chi connectivity index (χ3n) is 5.51. The Labute approximate surface area is 182 Å². The van der Waals surface area contributed by atoms with E-state index in [2.05, 4.69) is 5.32 Å². The monoisotopic (exact) mass is 424 g/mol. The molecule has 2 amide bonds. The van der Waals surface area contributed by atoms with Gasteiger partial charge in [-0.05, 0) is 67.8 Å². The maximum atomic E-state index is 12.5. The molecule has 2 saturated heterocycles. The predicted molar refractivity (Wildman–Crippen MR) is 117 cm³/mol. The Balaban J connectivity index is 1.28. The lowest BCUT2D eigenvalue weighted by atomic mass is 10.1. The van der Waals surface area contributed by atoms with E-state index in [1.807, 2.05) is 24.3 Å². The first-order valence-electron chi connectivity index (χ1n) is 10.8. The van der Waals surface area contributed by atoms with Crippen molar-refractivity contribution < 1.29 is 23.8 Å². The molecule has 0 spiro atoms. The van der Waals surface area contributed by atoms with Crippen molar-refractivity contribution in [1.29, 1.82) is 0 Å². The molecule has 2 aliphatic heterocycles. The molecule has 164 valence electrons. The van der Waals surface area contributed by atoms with Crippen molar-refractivity contribution in [3.05, 3.63) is 59.7 Å². The Morgan fingerprint density at radius 1 is 0.935 bits per heavy atom. The number of rotatable bonds is 6. The van der Waals surface area contributed by atoms with Gasteiger partial charge in [0.2, 0.25) is 0 Å². The SMILES string of the molecule is O=C(Nc1ccc(OCC2CCCCO2)cc1)c1ccc(C(=O)N2CCOCC2)cc1. The van der Waals surface area contributed by atoms with Crippen LogP contribution >= 0.6 is 0 Å². The van der Waals surface area contributed by atoms with Gasteiger partial charge in [-0.25, -0.2) is 0 Å². The summed E-state index contributed by atoms with van der Waals surface area (Å²) in [6, 6.07) is 14.0. The van der Waals surface area contributed by atoms with E-state index in [4.69, 9.17) is 14.2 Å². The van der Waals surface area contributed by atoms with Crippen molar-refractivity contribution in [3.63, 3.8) is 0 Å². The third-order valence-corrected chi connectivity index (χ3v) is 5.51. The van der Waals surface area contributed by atoms with E-state index in [1.54, 1.807) is 29.2 Å². The van der Waals surface area contributed by atoms with Gasteiger partial charge in [0.05, 0.1) is 19.3 Å². The van der Waals surface area contributed by atoms with Crippen LogP contribution in [0, 0.1) is 0 Å². The van der Waals surface area contributed by atoms with Crippen LogP contribution in [-0.2, 0) is 9.47 Å². The van der Waals surface area contributed by atoms with E-state index in [9.17, 15) is 9.59 Å². The molecule has 7 nitrogen and oxygen atoms in total. The lowest BCUT2D eigenvalue weighted by Gasteiger charge is -2.26. The van der Waals surface area contributed by atoms with Crippen LogP contribution < -0.4 is 10.1 Å². The average Bonchev–Trinajstić information content (AvgIpc) is 2.84. The fraction of sp³-hybridized carbons (Fsp3) is 0.417. The summed E-state index contributed by atoms with van der Waals surface area (Å²) in [6.45, 7) is 3.65. The summed E-state index contributed by atoms with van der Waals surface area (Å²) in [5, 5.41) is 2.87. The number of hydrogen-bond acceptors (Lipinski definition) is 5. The molecule has 2 heterocycles. The third kappa shape index (κ3) is 5.83. The summed E-state index contributed by atoms with van der Waals surface area (Å²) in [7, 11) is 0. The molecule has 0 aromatic heterocycles. The van der Waals surface area contributed by atoms with Crippen molar-refractivity contribution >= 4 is 17.5 Å². The molecule has 1 unspecified atom stereocenters. The van der Waals surface area contributed by atoms with Gasteiger partial charge in [-0.15, -0.1) is 0 Å². The van der Waals surface area contributed by atoms with E-state index < -0.39 is 0 Å². The number of anilines is 1. The van der Waals surface area contributed by atoms with E-state index in [1.165, 1.54) is 6.42 Å². The summed E-state index contributed by atoms with van der Waals surface area (Å²) in [5.74, 6) is 0.484. The van der Waals surface area contributed by atoms with Gasteiger partial charge in [-0.2, -0.15) is 0 Å². The summed E-state index contributed by atoms with van der Waals surface area (Å²) in [6.07, 6.45) is 3.50. The van der Waals surface area contributed by atoms with Crippen LogP contribution in [0.1, 0.15) is 40.0 Å². The summed E-state index contributed by atoms with van der Waals surface area (Å²) < 4.78 is 16.7. The molecular weight excluding hydrogens is 396 g/mol. The number of nitrogens with one attached hydrogen (secondary N) is 1. The second-order valence-electron chi connectivity index (χ2n) is 7.76. The van der Waals surface area contributed by atoms with E-state index in [-0.39, 0.29) is 17.9 Å². The maximum absolute atomic E-state index is 12.5. The molecule has 1 N–H and O–H groups in total. The van der Waals surface area contributed by atoms with Crippen LogP contribution in [0.3, 0.4) is 0 Å². The lowest BCUT2D eigenvalue weighted by molar-refractivity contribution is -0.0110. The largest absolute Gasteiger partial charge is 0.491 e. The fourth-order valence-corrected chi connectivity index (χ4v) is 3.68. The van der Waals surface area contributed by atoms with Gasteiger partial charge in [0, 0.05) is 36.5 Å². The Hall–Kier alpha value is -2.90. The topological polar surface area (TPSA) is 77.1 Å². The minimum Gasteiger partial charge on any atom is -0.491 e. The molecule has 1 atom stereocenters. The van der Waals surface area contributed by atoms with E-state index in [0.717, 1.165) is 25.2 Å². The molecule has 0 saturated carbocycles. The molecule has 2 aromatic rings. The van der Waals surface area contributed by atoms with Gasteiger partial charge in [0.15, 0.2) is 0 Å². The molecule has 31 heavy (non-hydrogen) atoms. The number of carbonyl (C=O) groups is 2. The first-order chi connectivity index (χ1) is 15.2. The van der Waals surface area contributed by atoms with Crippen molar-refractivity contribution in [2.75, 3.05) is 44.8 Å². The van der Waals surface area contributed by atoms with Crippen LogP contribution in [0.5, 0.6) is 5.75 Å². The zero-order chi connectivity index (χ0) is 21.5. The van der Waals surface area contributed by atoms with Crippen LogP contribution in [-0.4, -0.2) is 62.3 Å². The highest BCUT2D eigenvalue weighted by molar-refractivity contribution is 6.05. The zero-order valence-corrected chi connectivity index (χ0v) is 17.5. The Morgan fingerprint density at radius 2 is 1.65 bits per heavy atom. The Morgan fingerprint density at radius 3 is 2.32 bits per heavy atom. The molecule has 2 aliphatic rings. The minimum atomic E-state index is -0.227. The van der Waals surface area contributed by atoms with Crippen molar-refractivity contribution in [3.8, 4) is 5.75 Å². The number of hydrogen-bond donors (Lipinski definition) is 1. The van der Waals surface area contributed by atoms with Crippen molar-refractivity contribution in [1.82, 2.24) is 4.90 Å². The van der Waals surface area contributed by atoms with Gasteiger partial charge in [-0.3, -0.25) is 9.59 Å². The fourth-order valence-electron chi connectivity index (χ4n) is 3.68. The van der Waals surface area contributed by atoms with Gasteiger partial charge in [-0.1, -0.05) is 0 Å². The van der Waals surface area contributed by atoms with Crippen LogP contribution in [0.2, 0.25) is 0 Å². The highest BCUT2D eigenvalue weighted by Crippen LogP contribution is 2.19. The van der Waals surface area contributed by atoms with E-state index >= 15 is 0 Å². The molecule has 7 heteroatoms. The van der Waals surface area contributed by atoms with Crippen LogP contribution in [0.4, 0.5) is 5.69 Å². The molecule has 4 rings (SSSR count). The van der Waals surface area contributed by atoms with Gasteiger partial charge in [0.25, 0.3) is 11.8 Å². The minimum absolute atomic E-state index is 0.0375. The van der Waals surface area contributed by atoms with Gasteiger partial charge < -0.3 is 24.4 Å².